The molecule has 1 saturated heterocycles. The van der Waals surface area contributed by atoms with Crippen molar-refractivity contribution < 1.29 is 22.3 Å². The van der Waals surface area contributed by atoms with Gasteiger partial charge in [0.25, 0.3) is 0 Å². The zero-order chi connectivity index (χ0) is 23.4. The van der Waals surface area contributed by atoms with Crippen LogP contribution in [-0.2, 0) is 22.9 Å². The van der Waals surface area contributed by atoms with E-state index in [9.17, 15) is 12.8 Å². The van der Waals surface area contributed by atoms with Crippen LogP contribution in [-0.4, -0.2) is 43.8 Å². The highest BCUT2D eigenvalue weighted by molar-refractivity contribution is 7.90. The number of anilines is 1. The molecular weight excluding hydrogens is 445 g/mol. The summed E-state index contributed by atoms with van der Waals surface area (Å²) in [4.78, 5) is 10.2. The van der Waals surface area contributed by atoms with Crippen LogP contribution >= 0.6 is 0 Å². The van der Waals surface area contributed by atoms with E-state index >= 15 is 0 Å². The summed E-state index contributed by atoms with van der Waals surface area (Å²) in [6.07, 6.45) is 6.06. The Hall–Kier alpha value is -3.20. The molecule has 3 aromatic rings. The maximum Gasteiger partial charge on any atom is 0.316 e. The first-order chi connectivity index (χ1) is 15.8. The average molecular weight is 472 g/mol. The molecule has 1 aromatic heterocycles. The molecule has 2 heterocycles. The first-order valence-corrected chi connectivity index (χ1v) is 12.6. The standard InChI is InChI=1S/C24H26FN3O4S/c1-3-17-13-26-24(27-14-17)31-16-18-5-4-6-19(11-18)32-20-9-10-28(15-20)23-8-7-21(12-22(23)25)33(2,29)30/h4-8,11-14,20H,3,9-10,15-16H2,1-2H3/t20-/m0/s1. The van der Waals surface area contributed by atoms with Crippen LogP contribution in [0.1, 0.15) is 24.5 Å². The van der Waals surface area contributed by atoms with Gasteiger partial charge in [0.15, 0.2) is 9.84 Å². The molecule has 0 N–H and O–H groups in total. The molecule has 4 rings (SSSR count). The molecule has 2 aromatic carbocycles. The second-order valence-corrected chi connectivity index (χ2v) is 10.0. The van der Waals surface area contributed by atoms with Crippen LogP contribution in [0.25, 0.3) is 0 Å². The van der Waals surface area contributed by atoms with E-state index in [0.29, 0.717) is 37.1 Å². The lowest BCUT2D eigenvalue weighted by Crippen LogP contribution is -2.25. The molecule has 1 fully saturated rings. The Morgan fingerprint density at radius 1 is 1.12 bits per heavy atom. The molecule has 1 aliphatic heterocycles. The fraction of sp³-hybridized carbons (Fsp3) is 0.333. The molecule has 0 saturated carbocycles. The van der Waals surface area contributed by atoms with Crippen molar-refractivity contribution in [2.75, 3.05) is 24.2 Å². The molecular formula is C24H26FN3O4S. The van der Waals surface area contributed by atoms with E-state index in [1.165, 1.54) is 12.1 Å². The number of benzene rings is 2. The summed E-state index contributed by atoms with van der Waals surface area (Å²) in [5.74, 6) is 0.157. The highest BCUT2D eigenvalue weighted by Crippen LogP contribution is 2.28. The van der Waals surface area contributed by atoms with E-state index in [0.717, 1.165) is 36.3 Å². The molecule has 1 aliphatic rings. The Morgan fingerprint density at radius 3 is 2.61 bits per heavy atom. The van der Waals surface area contributed by atoms with Crippen molar-refractivity contribution in [3.63, 3.8) is 0 Å². The second-order valence-electron chi connectivity index (χ2n) is 8.02. The Balaban J connectivity index is 1.35. The van der Waals surface area contributed by atoms with Gasteiger partial charge in [-0.1, -0.05) is 19.1 Å². The Labute approximate surface area is 193 Å². The van der Waals surface area contributed by atoms with Gasteiger partial charge in [-0.2, -0.15) is 0 Å². The molecule has 9 heteroatoms. The lowest BCUT2D eigenvalue weighted by molar-refractivity contribution is 0.223. The van der Waals surface area contributed by atoms with Crippen molar-refractivity contribution in [1.29, 1.82) is 0 Å². The number of nitrogens with zero attached hydrogens (tertiary/aromatic N) is 3. The van der Waals surface area contributed by atoms with Crippen LogP contribution < -0.4 is 14.4 Å². The van der Waals surface area contributed by atoms with E-state index in [1.54, 1.807) is 12.4 Å². The smallest absolute Gasteiger partial charge is 0.316 e. The number of hydrogen-bond acceptors (Lipinski definition) is 7. The van der Waals surface area contributed by atoms with Crippen LogP contribution in [0.15, 0.2) is 59.8 Å². The minimum absolute atomic E-state index is 0.0264. The second kappa shape index (κ2) is 9.74. The molecule has 0 aliphatic carbocycles. The normalized spacial score (nSPS) is 16.1. The summed E-state index contributed by atoms with van der Waals surface area (Å²) in [5.41, 5.74) is 2.35. The monoisotopic (exact) mass is 471 g/mol. The average Bonchev–Trinajstić information content (AvgIpc) is 3.25. The zero-order valence-corrected chi connectivity index (χ0v) is 19.4. The summed E-state index contributed by atoms with van der Waals surface area (Å²) in [6, 6.07) is 12.0. The molecule has 0 bridgehead atoms. The highest BCUT2D eigenvalue weighted by atomic mass is 32.2. The van der Waals surface area contributed by atoms with E-state index in [4.69, 9.17) is 9.47 Å². The number of halogens is 1. The van der Waals surface area contributed by atoms with Gasteiger partial charge >= 0.3 is 6.01 Å². The van der Waals surface area contributed by atoms with E-state index in [2.05, 4.69) is 9.97 Å². The molecule has 0 spiro atoms. The number of aryl methyl sites for hydroxylation is 1. The number of ether oxygens (including phenoxy) is 2. The molecule has 0 radical (unpaired) electrons. The van der Waals surface area contributed by atoms with Gasteiger partial charge < -0.3 is 14.4 Å². The van der Waals surface area contributed by atoms with Crippen LogP contribution in [0.4, 0.5) is 10.1 Å². The zero-order valence-electron chi connectivity index (χ0n) is 18.6. The topological polar surface area (TPSA) is 81.6 Å². The molecule has 33 heavy (non-hydrogen) atoms. The molecule has 7 nitrogen and oxygen atoms in total. The minimum Gasteiger partial charge on any atom is -0.489 e. The third kappa shape index (κ3) is 5.78. The van der Waals surface area contributed by atoms with Gasteiger partial charge in [0.05, 0.1) is 17.1 Å². The van der Waals surface area contributed by atoms with Crippen LogP contribution in [0, 0.1) is 5.82 Å². The van der Waals surface area contributed by atoms with E-state index in [1.807, 2.05) is 36.1 Å². The number of aromatic nitrogens is 2. The van der Waals surface area contributed by atoms with Crippen LogP contribution in [0.5, 0.6) is 11.8 Å². The van der Waals surface area contributed by atoms with Gasteiger partial charge in [0.1, 0.15) is 24.3 Å². The van der Waals surface area contributed by atoms with Gasteiger partial charge in [-0.3, -0.25) is 0 Å². The van der Waals surface area contributed by atoms with Gasteiger partial charge in [-0.25, -0.2) is 22.8 Å². The van der Waals surface area contributed by atoms with Crippen LogP contribution in [0.3, 0.4) is 0 Å². The van der Waals surface area contributed by atoms with Gasteiger partial charge in [0, 0.05) is 31.6 Å². The predicted molar refractivity (Wildman–Crippen MR) is 123 cm³/mol. The van der Waals surface area contributed by atoms with Crippen molar-refractivity contribution in [3.05, 3.63) is 71.8 Å². The fourth-order valence-electron chi connectivity index (χ4n) is 3.67. The Morgan fingerprint density at radius 2 is 1.91 bits per heavy atom. The van der Waals surface area contributed by atoms with Crippen molar-refractivity contribution >= 4 is 15.5 Å². The van der Waals surface area contributed by atoms with Crippen molar-refractivity contribution in [1.82, 2.24) is 9.97 Å². The van der Waals surface area contributed by atoms with E-state index in [-0.39, 0.29) is 11.0 Å². The van der Waals surface area contributed by atoms with Gasteiger partial charge in [0.2, 0.25) is 0 Å². The van der Waals surface area contributed by atoms with Crippen molar-refractivity contribution in [3.8, 4) is 11.8 Å². The third-order valence-corrected chi connectivity index (χ3v) is 6.60. The quantitative estimate of drug-likeness (QED) is 0.494. The SMILES string of the molecule is CCc1cnc(OCc2cccc(O[C@H]3CCN(c4ccc(S(C)(=O)=O)cc4F)C3)c2)nc1. The fourth-order valence-corrected chi connectivity index (χ4v) is 4.30. The minimum atomic E-state index is -3.45. The Kier molecular flexibility index (Phi) is 6.78. The molecule has 0 unspecified atom stereocenters. The maximum atomic E-state index is 14.5. The summed E-state index contributed by atoms with van der Waals surface area (Å²) >= 11 is 0. The number of rotatable bonds is 8. The molecule has 0 amide bonds. The summed E-state index contributed by atoms with van der Waals surface area (Å²) < 4.78 is 49.6. The van der Waals surface area contributed by atoms with Gasteiger partial charge in [-0.05, 0) is 47.9 Å². The summed E-state index contributed by atoms with van der Waals surface area (Å²) in [7, 11) is -3.45. The highest BCUT2D eigenvalue weighted by Gasteiger charge is 2.26. The van der Waals surface area contributed by atoms with Crippen molar-refractivity contribution in [2.45, 2.75) is 37.4 Å². The lowest BCUT2D eigenvalue weighted by atomic mass is 10.2. The first-order valence-electron chi connectivity index (χ1n) is 10.8. The third-order valence-electron chi connectivity index (χ3n) is 5.49. The largest absolute Gasteiger partial charge is 0.489 e. The predicted octanol–water partition coefficient (Wildman–Crippen LogP) is 3.82. The summed E-state index contributed by atoms with van der Waals surface area (Å²) in [5, 5.41) is 0. The van der Waals surface area contributed by atoms with E-state index < -0.39 is 15.7 Å². The lowest BCUT2D eigenvalue weighted by Gasteiger charge is -2.20. The number of hydrogen-bond donors (Lipinski definition) is 0. The van der Waals surface area contributed by atoms with Gasteiger partial charge in [-0.15, -0.1) is 0 Å². The maximum absolute atomic E-state index is 14.5. The van der Waals surface area contributed by atoms with Crippen LogP contribution in [0.2, 0.25) is 0 Å². The summed E-state index contributed by atoms with van der Waals surface area (Å²) in [6.45, 7) is 3.48. The van der Waals surface area contributed by atoms with Crippen molar-refractivity contribution in [2.24, 2.45) is 0 Å². The number of sulfone groups is 1. The molecule has 174 valence electrons. The molecule has 1 atom stereocenters. The first kappa shape index (κ1) is 23.0. The Bertz CT molecular complexity index is 1220.